The summed E-state index contributed by atoms with van der Waals surface area (Å²) in [6.07, 6.45) is 1.53. The number of hydrogen-bond donors (Lipinski definition) is 1. The average Bonchev–Trinajstić information content (AvgIpc) is 2.78. The Balaban J connectivity index is 2.46. The van der Waals surface area contributed by atoms with Gasteiger partial charge in [-0.3, -0.25) is 0 Å². The molecule has 0 spiro atoms. The Labute approximate surface area is 93.3 Å². The van der Waals surface area contributed by atoms with Gasteiger partial charge in [0.1, 0.15) is 11.4 Å². The summed E-state index contributed by atoms with van der Waals surface area (Å²) < 4.78 is 7.06. The van der Waals surface area contributed by atoms with E-state index in [1.807, 2.05) is 31.2 Å². The maximum Gasteiger partial charge on any atom is 0.145 e. The smallest absolute Gasteiger partial charge is 0.145 e. The van der Waals surface area contributed by atoms with Gasteiger partial charge in [0.2, 0.25) is 0 Å². The van der Waals surface area contributed by atoms with Crippen molar-refractivity contribution in [2.75, 3.05) is 6.61 Å². The van der Waals surface area contributed by atoms with Crippen molar-refractivity contribution < 1.29 is 9.84 Å². The molecule has 2 aromatic rings. The van der Waals surface area contributed by atoms with Gasteiger partial charge in [-0.25, -0.2) is 4.68 Å². The molecular weight excluding hydrogens is 206 g/mol. The van der Waals surface area contributed by atoms with Gasteiger partial charge in [-0.15, -0.1) is 5.10 Å². The topological polar surface area (TPSA) is 60.2 Å². The second-order valence-electron chi connectivity index (χ2n) is 3.20. The molecule has 0 saturated heterocycles. The maximum atomic E-state index is 9.15. The van der Waals surface area contributed by atoms with Crippen molar-refractivity contribution in [1.82, 2.24) is 15.0 Å². The molecule has 0 atom stereocenters. The predicted octanol–water partition coefficient (Wildman–Crippen LogP) is 1.16. The first kappa shape index (κ1) is 10.6. The maximum absolute atomic E-state index is 9.15. The van der Waals surface area contributed by atoms with Crippen LogP contribution in [0.3, 0.4) is 0 Å². The Morgan fingerprint density at radius 3 is 2.94 bits per heavy atom. The third kappa shape index (κ3) is 1.90. The Kier molecular flexibility index (Phi) is 3.16. The number of nitrogens with zero attached hydrogens (tertiary/aromatic N) is 3. The summed E-state index contributed by atoms with van der Waals surface area (Å²) in [7, 11) is 0. The summed E-state index contributed by atoms with van der Waals surface area (Å²) in [5.74, 6) is 0.727. The Bertz CT molecular complexity index is 468. The molecule has 0 unspecified atom stereocenters. The van der Waals surface area contributed by atoms with E-state index in [9.17, 15) is 0 Å². The van der Waals surface area contributed by atoms with Crippen LogP contribution in [-0.4, -0.2) is 26.7 Å². The minimum atomic E-state index is -0.104. The van der Waals surface area contributed by atoms with Crippen molar-refractivity contribution in [2.24, 2.45) is 0 Å². The lowest BCUT2D eigenvalue weighted by atomic mass is 10.3. The van der Waals surface area contributed by atoms with E-state index >= 15 is 0 Å². The minimum Gasteiger partial charge on any atom is -0.492 e. The van der Waals surface area contributed by atoms with Gasteiger partial charge in [0.25, 0.3) is 0 Å². The van der Waals surface area contributed by atoms with Crippen LogP contribution < -0.4 is 4.74 Å². The van der Waals surface area contributed by atoms with Crippen molar-refractivity contribution in [3.8, 4) is 11.4 Å². The molecule has 5 heteroatoms. The Hall–Kier alpha value is -1.88. The third-order valence-corrected chi connectivity index (χ3v) is 2.18. The van der Waals surface area contributed by atoms with E-state index in [1.54, 1.807) is 4.68 Å². The van der Waals surface area contributed by atoms with Gasteiger partial charge in [0, 0.05) is 0 Å². The fourth-order valence-corrected chi connectivity index (χ4v) is 1.48. The molecule has 0 fully saturated rings. The van der Waals surface area contributed by atoms with E-state index in [4.69, 9.17) is 9.84 Å². The summed E-state index contributed by atoms with van der Waals surface area (Å²) >= 11 is 0. The lowest BCUT2D eigenvalue weighted by Crippen LogP contribution is -2.05. The zero-order chi connectivity index (χ0) is 11.4. The number of aliphatic hydroxyl groups excluding tert-OH is 1. The Morgan fingerprint density at radius 1 is 1.38 bits per heavy atom. The minimum absolute atomic E-state index is 0.104. The standard InChI is InChI=1S/C11H13N3O2/c1-2-16-11-6-4-3-5-10(11)14-9(8-15)7-12-13-14/h3-7,15H,2,8H2,1H3. The normalized spacial score (nSPS) is 10.4. The van der Waals surface area contributed by atoms with Crippen LogP contribution >= 0.6 is 0 Å². The molecule has 16 heavy (non-hydrogen) atoms. The zero-order valence-electron chi connectivity index (χ0n) is 9.00. The molecule has 0 saturated carbocycles. The highest BCUT2D eigenvalue weighted by Gasteiger charge is 2.09. The quantitative estimate of drug-likeness (QED) is 0.838. The van der Waals surface area contributed by atoms with E-state index < -0.39 is 0 Å². The summed E-state index contributed by atoms with van der Waals surface area (Å²) in [6, 6.07) is 7.52. The number of benzene rings is 1. The van der Waals surface area contributed by atoms with E-state index in [1.165, 1.54) is 6.20 Å². The van der Waals surface area contributed by atoms with E-state index in [-0.39, 0.29) is 6.61 Å². The van der Waals surface area contributed by atoms with E-state index in [2.05, 4.69) is 10.3 Å². The summed E-state index contributed by atoms with van der Waals surface area (Å²) in [5.41, 5.74) is 1.41. The van der Waals surface area contributed by atoms with Gasteiger partial charge in [0.15, 0.2) is 0 Å². The second-order valence-corrected chi connectivity index (χ2v) is 3.20. The first-order valence-corrected chi connectivity index (χ1v) is 5.09. The van der Waals surface area contributed by atoms with Crippen LogP contribution in [0.1, 0.15) is 12.6 Å². The molecule has 0 amide bonds. The highest BCUT2D eigenvalue weighted by atomic mass is 16.5. The number of ether oxygens (including phenoxy) is 1. The van der Waals surface area contributed by atoms with Crippen LogP contribution in [0.4, 0.5) is 0 Å². The summed E-state index contributed by atoms with van der Waals surface area (Å²) in [4.78, 5) is 0. The molecule has 0 radical (unpaired) electrons. The summed E-state index contributed by atoms with van der Waals surface area (Å²) in [5, 5.41) is 16.8. The SMILES string of the molecule is CCOc1ccccc1-n1nncc1CO. The third-order valence-electron chi connectivity index (χ3n) is 2.18. The Morgan fingerprint density at radius 2 is 2.19 bits per heavy atom. The van der Waals surface area contributed by atoms with Gasteiger partial charge >= 0.3 is 0 Å². The number of para-hydroxylation sites is 2. The van der Waals surface area contributed by atoms with Crippen LogP contribution in [-0.2, 0) is 6.61 Å². The largest absolute Gasteiger partial charge is 0.492 e. The van der Waals surface area contributed by atoms with Crippen LogP contribution in [0, 0.1) is 0 Å². The summed E-state index contributed by atoms with van der Waals surface area (Å²) in [6.45, 7) is 2.40. The van der Waals surface area contributed by atoms with Crippen molar-refractivity contribution >= 4 is 0 Å². The molecule has 1 heterocycles. The molecule has 0 aliphatic carbocycles. The molecule has 1 N–H and O–H groups in total. The van der Waals surface area contributed by atoms with Gasteiger partial charge < -0.3 is 9.84 Å². The monoisotopic (exact) mass is 219 g/mol. The first-order valence-electron chi connectivity index (χ1n) is 5.09. The van der Waals surface area contributed by atoms with E-state index in [0.29, 0.717) is 12.3 Å². The number of hydrogen-bond acceptors (Lipinski definition) is 4. The molecule has 84 valence electrons. The molecule has 1 aromatic carbocycles. The number of aliphatic hydroxyl groups is 1. The molecule has 0 bridgehead atoms. The van der Waals surface area contributed by atoms with Crippen molar-refractivity contribution in [3.63, 3.8) is 0 Å². The number of aromatic nitrogens is 3. The van der Waals surface area contributed by atoms with E-state index in [0.717, 1.165) is 11.4 Å². The number of rotatable bonds is 4. The van der Waals surface area contributed by atoms with Crippen molar-refractivity contribution in [3.05, 3.63) is 36.2 Å². The van der Waals surface area contributed by atoms with Gasteiger partial charge in [-0.2, -0.15) is 0 Å². The molecule has 2 rings (SSSR count). The van der Waals surface area contributed by atoms with Crippen LogP contribution in [0.15, 0.2) is 30.5 Å². The average molecular weight is 219 g/mol. The fraction of sp³-hybridized carbons (Fsp3) is 0.273. The predicted molar refractivity (Wildman–Crippen MR) is 58.5 cm³/mol. The van der Waals surface area contributed by atoms with Gasteiger partial charge in [-0.1, -0.05) is 17.3 Å². The lowest BCUT2D eigenvalue weighted by molar-refractivity contribution is 0.272. The molecule has 5 nitrogen and oxygen atoms in total. The van der Waals surface area contributed by atoms with Gasteiger partial charge in [-0.05, 0) is 19.1 Å². The highest BCUT2D eigenvalue weighted by molar-refractivity contribution is 5.46. The fourth-order valence-electron chi connectivity index (χ4n) is 1.48. The first-order chi connectivity index (χ1) is 7.86. The molecular formula is C11H13N3O2. The van der Waals surface area contributed by atoms with Gasteiger partial charge in [0.05, 0.1) is 25.1 Å². The van der Waals surface area contributed by atoms with Crippen molar-refractivity contribution in [2.45, 2.75) is 13.5 Å². The molecule has 0 aliphatic rings. The second kappa shape index (κ2) is 4.76. The van der Waals surface area contributed by atoms with Crippen LogP contribution in [0.25, 0.3) is 5.69 Å². The molecule has 1 aromatic heterocycles. The molecule has 0 aliphatic heterocycles. The van der Waals surface area contributed by atoms with Crippen molar-refractivity contribution in [1.29, 1.82) is 0 Å². The lowest BCUT2D eigenvalue weighted by Gasteiger charge is -2.10. The van der Waals surface area contributed by atoms with Crippen LogP contribution in [0.5, 0.6) is 5.75 Å². The highest BCUT2D eigenvalue weighted by Crippen LogP contribution is 2.22. The zero-order valence-corrected chi connectivity index (χ0v) is 9.00. The van der Waals surface area contributed by atoms with Crippen LogP contribution in [0.2, 0.25) is 0 Å².